The molecule has 0 spiro atoms. The molecule has 2 heterocycles. The van der Waals surface area contributed by atoms with E-state index in [1.807, 2.05) is 18.2 Å². The summed E-state index contributed by atoms with van der Waals surface area (Å²) in [5, 5.41) is 10.2. The SMILES string of the molecule is C1=c2c(c3ccccc3c3c2=Nc2ccccc2N3)Oc2cc3ccccc3cc21. The third-order valence-corrected chi connectivity index (χ3v) is 5.96. The van der Waals surface area contributed by atoms with Crippen LogP contribution < -0.4 is 20.6 Å². The summed E-state index contributed by atoms with van der Waals surface area (Å²) in [7, 11) is 0. The number of fused-ring (bicyclic) bond motifs is 9. The van der Waals surface area contributed by atoms with Crippen LogP contribution in [0.15, 0.2) is 89.9 Å². The third kappa shape index (κ3) is 2.12. The molecular formula is C27H16N2O. The van der Waals surface area contributed by atoms with E-state index in [1.54, 1.807) is 0 Å². The lowest BCUT2D eigenvalue weighted by Gasteiger charge is -2.22. The topological polar surface area (TPSA) is 33.6 Å². The molecule has 2 aliphatic heterocycles. The lowest BCUT2D eigenvalue weighted by molar-refractivity contribution is 0.479. The molecule has 0 fully saturated rings. The van der Waals surface area contributed by atoms with Crippen molar-refractivity contribution in [3.05, 3.63) is 101 Å². The number of nitrogens with zero attached hydrogens (tertiary/aromatic N) is 1. The molecule has 5 aromatic rings. The predicted octanol–water partition coefficient (Wildman–Crippen LogP) is 5.94. The zero-order valence-electron chi connectivity index (χ0n) is 16.0. The molecule has 0 saturated carbocycles. The Morgan fingerprint density at radius 1 is 0.733 bits per heavy atom. The van der Waals surface area contributed by atoms with Crippen LogP contribution in [0.2, 0.25) is 0 Å². The Labute approximate surface area is 172 Å². The molecule has 1 N–H and O–H groups in total. The number of anilines is 2. The van der Waals surface area contributed by atoms with Gasteiger partial charge in [0.25, 0.3) is 0 Å². The fourth-order valence-corrected chi connectivity index (χ4v) is 4.54. The molecule has 0 unspecified atom stereocenters. The van der Waals surface area contributed by atoms with Gasteiger partial charge in [0, 0.05) is 21.6 Å². The van der Waals surface area contributed by atoms with E-state index in [4.69, 9.17) is 9.73 Å². The van der Waals surface area contributed by atoms with Gasteiger partial charge in [-0.1, -0.05) is 60.7 Å². The molecular weight excluding hydrogens is 368 g/mol. The quantitative estimate of drug-likeness (QED) is 0.351. The molecule has 0 aliphatic carbocycles. The monoisotopic (exact) mass is 384 g/mol. The summed E-state index contributed by atoms with van der Waals surface area (Å²) in [6, 6.07) is 29.2. The summed E-state index contributed by atoms with van der Waals surface area (Å²) in [5.74, 6) is 1.76. The highest BCUT2D eigenvalue weighted by Gasteiger charge is 2.22. The molecule has 140 valence electrons. The van der Waals surface area contributed by atoms with Crippen LogP contribution in [0.3, 0.4) is 0 Å². The molecule has 0 radical (unpaired) electrons. The van der Waals surface area contributed by atoms with E-state index in [-0.39, 0.29) is 0 Å². The smallest absolute Gasteiger partial charge is 0.144 e. The molecule has 2 aliphatic rings. The summed E-state index contributed by atoms with van der Waals surface area (Å²) in [6.07, 6.45) is 2.21. The molecule has 0 atom stereocenters. The molecule has 0 aromatic heterocycles. The van der Waals surface area contributed by atoms with E-state index >= 15 is 0 Å². The Bertz CT molecular complexity index is 1650. The van der Waals surface area contributed by atoms with Gasteiger partial charge in [0.1, 0.15) is 11.5 Å². The van der Waals surface area contributed by atoms with Crippen LogP contribution in [-0.4, -0.2) is 0 Å². The first kappa shape index (κ1) is 15.8. The lowest BCUT2D eigenvalue weighted by atomic mass is 9.98. The summed E-state index contributed by atoms with van der Waals surface area (Å²) in [6.45, 7) is 0. The van der Waals surface area contributed by atoms with E-state index in [0.717, 1.165) is 55.5 Å². The summed E-state index contributed by atoms with van der Waals surface area (Å²) in [5.41, 5.74) is 4.08. The minimum absolute atomic E-state index is 0.872. The van der Waals surface area contributed by atoms with Crippen LogP contribution in [0.25, 0.3) is 27.6 Å². The van der Waals surface area contributed by atoms with E-state index in [9.17, 15) is 0 Å². The fourth-order valence-electron chi connectivity index (χ4n) is 4.54. The van der Waals surface area contributed by atoms with E-state index in [1.165, 1.54) is 10.8 Å². The minimum atomic E-state index is 0.872. The first-order valence-corrected chi connectivity index (χ1v) is 10.1. The fraction of sp³-hybridized carbons (Fsp3) is 0. The highest BCUT2D eigenvalue weighted by atomic mass is 16.5. The first-order chi connectivity index (χ1) is 14.8. The van der Waals surface area contributed by atoms with Crippen molar-refractivity contribution in [3.63, 3.8) is 0 Å². The summed E-state index contributed by atoms with van der Waals surface area (Å²) < 4.78 is 6.53. The van der Waals surface area contributed by atoms with Gasteiger partial charge in [-0.25, -0.2) is 4.99 Å². The van der Waals surface area contributed by atoms with Crippen LogP contribution in [0.5, 0.6) is 11.5 Å². The highest BCUT2D eigenvalue weighted by Crippen LogP contribution is 2.39. The van der Waals surface area contributed by atoms with Crippen LogP contribution in [0.1, 0.15) is 5.56 Å². The van der Waals surface area contributed by atoms with Crippen LogP contribution in [-0.2, 0) is 0 Å². The van der Waals surface area contributed by atoms with Crippen molar-refractivity contribution in [2.45, 2.75) is 0 Å². The molecule has 30 heavy (non-hydrogen) atoms. The second-order valence-electron chi connectivity index (χ2n) is 7.75. The van der Waals surface area contributed by atoms with E-state index in [0.29, 0.717) is 0 Å². The standard InChI is InChI=1S/C27H16N2O/c1-2-8-17-15-24-18(13-16(17)7-1)14-21-26-25(28-22-11-5-6-12-23(22)29-26)19-9-3-4-10-20(19)27(21)30-24/h1-15,28H. The molecule has 3 heteroatoms. The van der Waals surface area contributed by atoms with Crippen molar-refractivity contribution in [1.29, 1.82) is 0 Å². The summed E-state index contributed by atoms with van der Waals surface area (Å²) in [4.78, 5) is 5.03. The normalized spacial score (nSPS) is 13.1. The van der Waals surface area contributed by atoms with Gasteiger partial charge >= 0.3 is 0 Å². The average molecular weight is 384 g/mol. The third-order valence-electron chi connectivity index (χ3n) is 5.96. The van der Waals surface area contributed by atoms with E-state index < -0.39 is 0 Å². The van der Waals surface area contributed by atoms with Gasteiger partial charge in [0.05, 0.1) is 22.4 Å². The maximum Gasteiger partial charge on any atom is 0.144 e. The van der Waals surface area contributed by atoms with Crippen molar-refractivity contribution >= 4 is 44.7 Å². The van der Waals surface area contributed by atoms with Gasteiger partial charge in [-0.3, -0.25) is 0 Å². The Morgan fingerprint density at radius 2 is 1.47 bits per heavy atom. The summed E-state index contributed by atoms with van der Waals surface area (Å²) >= 11 is 0. The van der Waals surface area contributed by atoms with Crippen molar-refractivity contribution < 1.29 is 4.74 Å². The second kappa shape index (κ2) is 5.71. The van der Waals surface area contributed by atoms with Gasteiger partial charge in [0.15, 0.2) is 0 Å². The number of rotatable bonds is 0. The zero-order valence-corrected chi connectivity index (χ0v) is 16.0. The Morgan fingerprint density at radius 3 is 2.37 bits per heavy atom. The number of hydrogen-bond donors (Lipinski definition) is 1. The first-order valence-electron chi connectivity index (χ1n) is 10.1. The van der Waals surface area contributed by atoms with Crippen LogP contribution >= 0.6 is 0 Å². The molecule has 5 aromatic carbocycles. The van der Waals surface area contributed by atoms with Crippen molar-refractivity contribution in [2.75, 3.05) is 5.32 Å². The van der Waals surface area contributed by atoms with Gasteiger partial charge < -0.3 is 10.1 Å². The number of nitrogens with one attached hydrogen (secondary N) is 1. The van der Waals surface area contributed by atoms with Crippen molar-refractivity contribution in [1.82, 2.24) is 0 Å². The molecule has 0 saturated heterocycles. The Balaban J connectivity index is 1.65. The van der Waals surface area contributed by atoms with Gasteiger partial charge in [-0.15, -0.1) is 0 Å². The molecule has 3 nitrogen and oxygen atoms in total. The zero-order chi connectivity index (χ0) is 19.7. The number of benzene rings is 5. The van der Waals surface area contributed by atoms with Gasteiger partial charge in [-0.05, 0) is 41.1 Å². The predicted molar refractivity (Wildman–Crippen MR) is 122 cm³/mol. The largest absolute Gasteiger partial charge is 0.455 e. The van der Waals surface area contributed by atoms with Gasteiger partial charge in [-0.2, -0.15) is 0 Å². The highest BCUT2D eigenvalue weighted by molar-refractivity contribution is 6.02. The lowest BCUT2D eigenvalue weighted by Crippen LogP contribution is -2.32. The number of para-hydroxylation sites is 2. The van der Waals surface area contributed by atoms with Crippen molar-refractivity contribution in [3.8, 4) is 11.5 Å². The maximum absolute atomic E-state index is 6.53. The van der Waals surface area contributed by atoms with Crippen LogP contribution in [0.4, 0.5) is 17.1 Å². The van der Waals surface area contributed by atoms with E-state index in [2.05, 4.69) is 78.1 Å². The molecule has 7 rings (SSSR count). The number of hydrogen-bond acceptors (Lipinski definition) is 3. The molecule has 0 amide bonds. The Kier molecular flexibility index (Phi) is 3.00. The number of ether oxygens (including phenoxy) is 1. The second-order valence-corrected chi connectivity index (χ2v) is 7.75. The maximum atomic E-state index is 6.53. The minimum Gasteiger partial charge on any atom is -0.455 e. The average Bonchev–Trinajstić information content (AvgIpc) is 2.81. The molecule has 0 bridgehead atoms. The Hall–Kier alpha value is -4.11. The van der Waals surface area contributed by atoms with Gasteiger partial charge in [0.2, 0.25) is 0 Å². The van der Waals surface area contributed by atoms with Crippen LogP contribution in [0, 0.1) is 0 Å². The van der Waals surface area contributed by atoms with Crippen molar-refractivity contribution in [2.24, 2.45) is 4.99 Å².